The molecule has 3 aliphatic rings. The first-order valence-electron chi connectivity index (χ1n) is 8.37. The first-order chi connectivity index (χ1) is 10.9. The van der Waals surface area contributed by atoms with Gasteiger partial charge in [-0.25, -0.2) is 0 Å². The van der Waals surface area contributed by atoms with Crippen LogP contribution in [-0.4, -0.2) is 68.0 Å². The first kappa shape index (κ1) is 17.1. The van der Waals surface area contributed by atoms with Gasteiger partial charge in [0.25, 0.3) is 10.2 Å². The Morgan fingerprint density at radius 3 is 2.17 bits per heavy atom. The number of hydrogen-bond donors (Lipinski definition) is 1. The van der Waals surface area contributed by atoms with Gasteiger partial charge in [0, 0.05) is 39.9 Å². The maximum absolute atomic E-state index is 12.8. The van der Waals surface area contributed by atoms with Gasteiger partial charge in [0.2, 0.25) is 0 Å². The highest BCUT2D eigenvalue weighted by atomic mass is 32.2. The molecule has 1 aliphatic carbocycles. The Bertz CT molecular complexity index is 544. The van der Waals surface area contributed by atoms with Crippen molar-refractivity contribution < 1.29 is 23.1 Å². The average Bonchev–Trinajstić information content (AvgIpc) is 2.81. The number of carboxylic acids is 1. The average molecular weight is 346 g/mol. The predicted octanol–water partition coefficient (Wildman–Crippen LogP) is 0.776. The van der Waals surface area contributed by atoms with Crippen LogP contribution in [0.2, 0.25) is 0 Å². The lowest BCUT2D eigenvalue weighted by Gasteiger charge is -2.39. The van der Waals surface area contributed by atoms with Crippen LogP contribution < -0.4 is 0 Å². The standard InChI is InChI=1S/C15H26N2O5S/c1-22-9-6-15(14(18)19)4-7-16(8-5-15)23(20,21)17-10-12-2-3-13(12)11-17/h12-13H,2-11H2,1H3,(H,18,19)/t12-,13+. The van der Waals surface area contributed by atoms with Gasteiger partial charge in [-0.15, -0.1) is 0 Å². The molecule has 0 aromatic carbocycles. The maximum atomic E-state index is 12.8. The second-order valence-electron chi connectivity index (χ2n) is 7.15. The van der Waals surface area contributed by atoms with E-state index in [1.165, 1.54) is 4.31 Å². The second-order valence-corrected chi connectivity index (χ2v) is 9.08. The minimum atomic E-state index is -3.44. The van der Waals surface area contributed by atoms with E-state index in [0.717, 1.165) is 12.8 Å². The zero-order chi connectivity index (χ0) is 16.7. The highest BCUT2D eigenvalue weighted by Gasteiger charge is 2.48. The Morgan fingerprint density at radius 2 is 1.74 bits per heavy atom. The fourth-order valence-corrected chi connectivity index (χ4v) is 5.81. The maximum Gasteiger partial charge on any atom is 0.309 e. The van der Waals surface area contributed by atoms with Crippen LogP contribution in [0.5, 0.6) is 0 Å². The lowest BCUT2D eigenvalue weighted by atomic mass is 9.76. The Labute approximate surface area is 137 Å². The zero-order valence-corrected chi connectivity index (χ0v) is 14.4. The number of piperidine rings is 1. The zero-order valence-electron chi connectivity index (χ0n) is 13.6. The molecule has 3 rings (SSSR count). The molecular formula is C15H26N2O5S. The normalized spacial score (nSPS) is 31.5. The van der Waals surface area contributed by atoms with E-state index in [0.29, 0.717) is 50.8 Å². The van der Waals surface area contributed by atoms with E-state index in [1.54, 1.807) is 11.4 Å². The van der Waals surface area contributed by atoms with E-state index < -0.39 is 21.6 Å². The third-order valence-electron chi connectivity index (χ3n) is 6.02. The van der Waals surface area contributed by atoms with Gasteiger partial charge >= 0.3 is 5.97 Å². The summed E-state index contributed by atoms with van der Waals surface area (Å²) >= 11 is 0. The summed E-state index contributed by atoms with van der Waals surface area (Å²) in [6, 6.07) is 0. The highest BCUT2D eigenvalue weighted by molar-refractivity contribution is 7.86. The molecule has 8 heteroatoms. The summed E-state index contributed by atoms with van der Waals surface area (Å²) in [6.45, 7) is 2.22. The Morgan fingerprint density at radius 1 is 1.17 bits per heavy atom. The van der Waals surface area contributed by atoms with Crippen LogP contribution >= 0.6 is 0 Å². The molecule has 0 amide bonds. The van der Waals surface area contributed by atoms with E-state index in [2.05, 4.69) is 0 Å². The highest BCUT2D eigenvalue weighted by Crippen LogP contribution is 2.43. The van der Waals surface area contributed by atoms with Gasteiger partial charge in [-0.2, -0.15) is 17.0 Å². The van der Waals surface area contributed by atoms with Crippen molar-refractivity contribution in [2.24, 2.45) is 17.3 Å². The molecule has 1 N–H and O–H groups in total. The monoisotopic (exact) mass is 346 g/mol. The van der Waals surface area contributed by atoms with Gasteiger partial charge in [-0.05, 0) is 43.9 Å². The van der Waals surface area contributed by atoms with Crippen molar-refractivity contribution in [3.05, 3.63) is 0 Å². The number of ether oxygens (including phenoxy) is 1. The van der Waals surface area contributed by atoms with Gasteiger partial charge in [0.05, 0.1) is 5.41 Å². The molecule has 2 aliphatic heterocycles. The lowest BCUT2D eigenvalue weighted by molar-refractivity contribution is -0.152. The Balaban J connectivity index is 1.64. The van der Waals surface area contributed by atoms with Gasteiger partial charge in [-0.1, -0.05) is 0 Å². The van der Waals surface area contributed by atoms with Crippen LogP contribution in [0.1, 0.15) is 32.1 Å². The van der Waals surface area contributed by atoms with Crippen LogP contribution in [0.3, 0.4) is 0 Å². The van der Waals surface area contributed by atoms with Crippen molar-refractivity contribution in [3.8, 4) is 0 Å². The molecule has 0 bridgehead atoms. The van der Waals surface area contributed by atoms with E-state index in [9.17, 15) is 18.3 Å². The minimum absolute atomic E-state index is 0.282. The summed E-state index contributed by atoms with van der Waals surface area (Å²) < 4.78 is 33.7. The molecule has 23 heavy (non-hydrogen) atoms. The molecule has 0 aromatic rings. The summed E-state index contributed by atoms with van der Waals surface area (Å²) in [5.74, 6) is 0.231. The molecule has 0 aromatic heterocycles. The molecule has 0 unspecified atom stereocenters. The van der Waals surface area contributed by atoms with Crippen LogP contribution in [0.15, 0.2) is 0 Å². The van der Waals surface area contributed by atoms with Crippen molar-refractivity contribution in [1.82, 2.24) is 8.61 Å². The fourth-order valence-electron chi connectivity index (χ4n) is 4.08. The van der Waals surface area contributed by atoms with E-state index in [4.69, 9.17) is 4.74 Å². The summed E-state index contributed by atoms with van der Waals surface area (Å²) in [6.07, 6.45) is 3.41. The number of carbonyl (C=O) groups is 1. The van der Waals surface area contributed by atoms with E-state index >= 15 is 0 Å². The number of hydrogen-bond acceptors (Lipinski definition) is 4. The van der Waals surface area contributed by atoms with Gasteiger partial charge in [-0.3, -0.25) is 4.79 Å². The second kappa shape index (κ2) is 6.31. The topological polar surface area (TPSA) is 87.1 Å². The summed E-state index contributed by atoms with van der Waals surface area (Å²) in [5.41, 5.74) is -0.855. The molecule has 2 saturated heterocycles. The number of methoxy groups -OCH3 is 1. The van der Waals surface area contributed by atoms with Gasteiger partial charge in [0.1, 0.15) is 0 Å². The van der Waals surface area contributed by atoms with Crippen LogP contribution in [-0.2, 0) is 19.7 Å². The van der Waals surface area contributed by atoms with Gasteiger partial charge < -0.3 is 9.84 Å². The van der Waals surface area contributed by atoms with Crippen molar-refractivity contribution >= 4 is 16.2 Å². The van der Waals surface area contributed by atoms with Crippen LogP contribution in [0.4, 0.5) is 0 Å². The van der Waals surface area contributed by atoms with Crippen molar-refractivity contribution in [1.29, 1.82) is 0 Å². The molecule has 0 radical (unpaired) electrons. The molecule has 2 atom stereocenters. The SMILES string of the molecule is COCCC1(C(=O)O)CCN(S(=O)(=O)N2C[C@H]3CC[C@H]3C2)CC1. The first-order valence-corrected chi connectivity index (χ1v) is 9.76. The van der Waals surface area contributed by atoms with E-state index in [-0.39, 0.29) is 13.1 Å². The smallest absolute Gasteiger partial charge is 0.309 e. The minimum Gasteiger partial charge on any atom is -0.481 e. The quantitative estimate of drug-likeness (QED) is 0.768. The molecule has 3 fully saturated rings. The number of nitrogens with zero attached hydrogens (tertiary/aromatic N) is 2. The van der Waals surface area contributed by atoms with Crippen molar-refractivity contribution in [2.45, 2.75) is 32.1 Å². The number of carboxylic acid groups (broad SMARTS) is 1. The number of fused-ring (bicyclic) bond motifs is 1. The molecule has 0 spiro atoms. The van der Waals surface area contributed by atoms with E-state index in [1.807, 2.05) is 0 Å². The number of rotatable bonds is 6. The Kier molecular flexibility index (Phi) is 4.70. The summed E-state index contributed by atoms with van der Waals surface area (Å²) in [5, 5.41) is 9.56. The molecule has 1 saturated carbocycles. The third-order valence-corrected chi connectivity index (χ3v) is 7.99. The Hall–Kier alpha value is -0.700. The molecule has 7 nitrogen and oxygen atoms in total. The summed E-state index contributed by atoms with van der Waals surface area (Å²) in [7, 11) is -1.89. The number of aliphatic carboxylic acids is 1. The van der Waals surface area contributed by atoms with Crippen LogP contribution in [0.25, 0.3) is 0 Å². The summed E-state index contributed by atoms with van der Waals surface area (Å²) in [4.78, 5) is 11.7. The van der Waals surface area contributed by atoms with Gasteiger partial charge in [0.15, 0.2) is 0 Å². The van der Waals surface area contributed by atoms with Crippen LogP contribution in [0, 0.1) is 17.3 Å². The molecule has 2 heterocycles. The largest absolute Gasteiger partial charge is 0.481 e. The molecular weight excluding hydrogens is 320 g/mol. The molecule has 132 valence electrons. The third kappa shape index (κ3) is 3.01. The van der Waals surface area contributed by atoms with Crippen molar-refractivity contribution in [3.63, 3.8) is 0 Å². The van der Waals surface area contributed by atoms with Crippen molar-refractivity contribution in [2.75, 3.05) is 39.9 Å². The fraction of sp³-hybridized carbons (Fsp3) is 0.933. The lowest BCUT2D eigenvalue weighted by Crippen LogP contribution is -2.50. The predicted molar refractivity (Wildman–Crippen MR) is 84.1 cm³/mol.